The highest BCUT2D eigenvalue weighted by Crippen LogP contribution is 2.36. The van der Waals surface area contributed by atoms with Crippen molar-refractivity contribution in [2.75, 3.05) is 44.3 Å². The van der Waals surface area contributed by atoms with Crippen LogP contribution in [0.1, 0.15) is 44.0 Å². The maximum absolute atomic E-state index is 9.23. The zero-order valence-corrected chi connectivity index (χ0v) is 19.6. The number of ether oxygens (including phenoxy) is 1. The smallest absolute Gasteiger partial charge is 0.159 e. The summed E-state index contributed by atoms with van der Waals surface area (Å²) in [5.41, 5.74) is 2.19. The quantitative estimate of drug-likeness (QED) is 0.593. The van der Waals surface area contributed by atoms with E-state index in [4.69, 9.17) is 26.3 Å². The van der Waals surface area contributed by atoms with E-state index in [9.17, 15) is 5.11 Å². The van der Waals surface area contributed by atoms with Gasteiger partial charge in [-0.05, 0) is 62.9 Å². The van der Waals surface area contributed by atoms with Gasteiger partial charge in [-0.2, -0.15) is 5.10 Å². The number of rotatable bonds is 5. The van der Waals surface area contributed by atoms with Crippen molar-refractivity contribution in [3.05, 3.63) is 40.8 Å². The number of β-amino-alcohol motifs (C(OH)–C–C–N with tert-alkyl or cyclic N) is 1. The fourth-order valence-electron chi connectivity index (χ4n) is 5.64. The molecule has 9 heteroatoms. The summed E-state index contributed by atoms with van der Waals surface area (Å²) in [6.07, 6.45) is 5.32. The van der Waals surface area contributed by atoms with Crippen molar-refractivity contribution in [2.45, 2.75) is 51.7 Å². The lowest BCUT2D eigenvalue weighted by Crippen LogP contribution is -2.37. The van der Waals surface area contributed by atoms with Crippen LogP contribution in [0.2, 0.25) is 5.02 Å². The minimum Gasteiger partial charge on any atom is -0.395 e. The number of halogens is 1. The number of anilines is 1. The zero-order valence-electron chi connectivity index (χ0n) is 18.8. The van der Waals surface area contributed by atoms with Crippen LogP contribution in [0.3, 0.4) is 0 Å². The number of aliphatic hydroxyl groups excluding tert-OH is 1. The van der Waals surface area contributed by atoms with Gasteiger partial charge in [0.2, 0.25) is 0 Å². The third-order valence-corrected chi connectivity index (χ3v) is 7.68. The Bertz CT molecular complexity index is 1180. The highest BCUT2D eigenvalue weighted by molar-refractivity contribution is 6.32. The molecule has 3 aliphatic rings. The van der Waals surface area contributed by atoms with Crippen LogP contribution in [0.25, 0.3) is 16.7 Å². The normalized spacial score (nSPS) is 23.1. The van der Waals surface area contributed by atoms with Crippen LogP contribution < -0.4 is 4.90 Å². The molecule has 3 aromatic rings. The van der Waals surface area contributed by atoms with Crippen molar-refractivity contribution < 1.29 is 9.84 Å². The molecule has 2 aromatic heterocycles. The Labute approximate surface area is 205 Å². The van der Waals surface area contributed by atoms with Crippen molar-refractivity contribution in [1.82, 2.24) is 24.6 Å². The van der Waals surface area contributed by atoms with Crippen molar-refractivity contribution in [3.8, 4) is 5.82 Å². The Morgan fingerprint density at radius 1 is 1.15 bits per heavy atom. The summed E-state index contributed by atoms with van der Waals surface area (Å²) in [6.45, 7) is 6.51. The number of aliphatic hydroxyl groups is 1. The van der Waals surface area contributed by atoms with Gasteiger partial charge < -0.3 is 19.6 Å². The molecule has 182 valence electrons. The van der Waals surface area contributed by atoms with Gasteiger partial charge in [0.1, 0.15) is 11.6 Å². The van der Waals surface area contributed by atoms with Gasteiger partial charge in [-0.1, -0.05) is 19.0 Å². The third kappa shape index (κ3) is 4.17. The molecule has 0 amide bonds. The standard InChI is InChI=1S/C24H29ClN6O2.CH4/c1-15-27-23(30-13-19-9-18(30)14-33-19)11-24(28-15)31-22-10-20(21(25)8-17(22)12-26-31)16-2-4-29(5-3-16)6-7-32;/h8,10-12,16,18-19,32H,2-7,9,13-14H2,1H3;1H4. The van der Waals surface area contributed by atoms with Crippen molar-refractivity contribution in [3.63, 3.8) is 0 Å². The Kier molecular flexibility index (Phi) is 6.50. The van der Waals surface area contributed by atoms with Crippen LogP contribution in [0.5, 0.6) is 0 Å². The molecule has 0 aliphatic carbocycles. The van der Waals surface area contributed by atoms with Gasteiger partial charge in [0, 0.05) is 29.6 Å². The number of fused-ring (bicyclic) bond motifs is 3. The van der Waals surface area contributed by atoms with Crippen molar-refractivity contribution >= 4 is 28.3 Å². The van der Waals surface area contributed by atoms with Gasteiger partial charge in [-0.25, -0.2) is 14.6 Å². The van der Waals surface area contributed by atoms with E-state index in [1.807, 2.05) is 29.9 Å². The number of hydrogen-bond donors (Lipinski definition) is 1. The summed E-state index contributed by atoms with van der Waals surface area (Å²) in [5, 5.41) is 15.7. The highest BCUT2D eigenvalue weighted by Gasteiger charge is 2.39. The maximum Gasteiger partial charge on any atom is 0.159 e. The molecule has 1 aromatic carbocycles. The van der Waals surface area contributed by atoms with Gasteiger partial charge >= 0.3 is 0 Å². The number of morpholine rings is 1. The Hall–Kier alpha value is -2.26. The summed E-state index contributed by atoms with van der Waals surface area (Å²) in [4.78, 5) is 14.1. The number of benzene rings is 1. The number of nitrogens with zero attached hydrogens (tertiary/aromatic N) is 6. The Morgan fingerprint density at radius 2 is 1.94 bits per heavy atom. The van der Waals surface area contributed by atoms with Crippen LogP contribution in [-0.2, 0) is 4.74 Å². The molecule has 2 unspecified atom stereocenters. The molecule has 34 heavy (non-hydrogen) atoms. The van der Waals surface area contributed by atoms with Gasteiger partial charge in [0.25, 0.3) is 0 Å². The van der Waals surface area contributed by atoms with Crippen LogP contribution >= 0.6 is 11.6 Å². The van der Waals surface area contributed by atoms with E-state index in [2.05, 4.69) is 21.0 Å². The second-order valence-corrected chi connectivity index (χ2v) is 9.86. The second kappa shape index (κ2) is 9.41. The minimum absolute atomic E-state index is 0. The van der Waals surface area contributed by atoms with Crippen LogP contribution in [0.15, 0.2) is 24.4 Å². The number of piperidine rings is 1. The lowest BCUT2D eigenvalue weighted by Gasteiger charge is -2.32. The second-order valence-electron chi connectivity index (χ2n) is 9.46. The summed E-state index contributed by atoms with van der Waals surface area (Å²) in [7, 11) is 0. The monoisotopic (exact) mass is 484 g/mol. The molecule has 0 saturated carbocycles. The van der Waals surface area contributed by atoms with E-state index in [1.54, 1.807) is 0 Å². The van der Waals surface area contributed by atoms with Gasteiger partial charge in [0.05, 0.1) is 37.1 Å². The molecule has 3 aliphatic heterocycles. The molecule has 5 heterocycles. The van der Waals surface area contributed by atoms with Gasteiger partial charge in [0.15, 0.2) is 5.82 Å². The van der Waals surface area contributed by atoms with Crippen molar-refractivity contribution in [1.29, 1.82) is 0 Å². The molecule has 3 fully saturated rings. The summed E-state index contributed by atoms with van der Waals surface area (Å²) in [6, 6.07) is 6.66. The van der Waals surface area contributed by atoms with Crippen LogP contribution in [0, 0.1) is 6.92 Å². The summed E-state index contributed by atoms with van der Waals surface area (Å²) < 4.78 is 7.68. The van der Waals surface area contributed by atoms with E-state index in [-0.39, 0.29) is 14.0 Å². The average molecular weight is 485 g/mol. The molecule has 1 N–H and O–H groups in total. The molecule has 0 spiro atoms. The van der Waals surface area contributed by atoms with E-state index >= 15 is 0 Å². The number of hydrogen-bond acceptors (Lipinski definition) is 7. The van der Waals surface area contributed by atoms with E-state index < -0.39 is 0 Å². The van der Waals surface area contributed by atoms with E-state index in [0.29, 0.717) is 18.1 Å². The molecule has 6 rings (SSSR count). The molecular weight excluding hydrogens is 452 g/mol. The third-order valence-electron chi connectivity index (χ3n) is 7.35. The average Bonchev–Trinajstić information content (AvgIpc) is 3.55. The van der Waals surface area contributed by atoms with Crippen LogP contribution in [-0.4, -0.2) is 81.3 Å². The number of aromatic nitrogens is 4. The molecular formula is C25H33ClN6O2. The molecule has 3 saturated heterocycles. The lowest BCUT2D eigenvalue weighted by molar-refractivity contribution is 0.0988. The van der Waals surface area contributed by atoms with Gasteiger partial charge in [-0.3, -0.25) is 0 Å². The van der Waals surface area contributed by atoms with Crippen molar-refractivity contribution in [2.24, 2.45) is 0 Å². The first kappa shape index (κ1) is 23.5. The van der Waals surface area contributed by atoms with E-state index in [1.165, 1.54) is 5.56 Å². The first-order chi connectivity index (χ1) is 16.1. The SMILES string of the molecule is C.Cc1nc(N2CC3CC2CO3)cc(-n2ncc3cc(Cl)c(C4CCN(CCO)CC4)cc32)n1. The first-order valence-corrected chi connectivity index (χ1v) is 12.2. The maximum atomic E-state index is 9.23. The summed E-state index contributed by atoms with van der Waals surface area (Å²) >= 11 is 6.73. The minimum atomic E-state index is 0. The van der Waals surface area contributed by atoms with Crippen LogP contribution in [0.4, 0.5) is 5.82 Å². The Morgan fingerprint density at radius 3 is 2.65 bits per heavy atom. The first-order valence-electron chi connectivity index (χ1n) is 11.8. The molecule has 8 nitrogen and oxygen atoms in total. The Balaban J connectivity index is 0.00000241. The zero-order chi connectivity index (χ0) is 22.5. The molecule has 2 bridgehead atoms. The topological polar surface area (TPSA) is 79.5 Å². The van der Waals surface area contributed by atoms with Gasteiger partial charge in [-0.15, -0.1) is 0 Å². The molecule has 0 radical (unpaired) electrons. The van der Waals surface area contributed by atoms with E-state index in [0.717, 1.165) is 85.4 Å². The fourth-order valence-corrected chi connectivity index (χ4v) is 5.97. The summed E-state index contributed by atoms with van der Waals surface area (Å²) in [5.74, 6) is 2.87. The predicted octanol–water partition coefficient (Wildman–Crippen LogP) is 3.56. The number of likely N-dealkylation sites (tertiary alicyclic amines) is 1. The highest BCUT2D eigenvalue weighted by atomic mass is 35.5. The largest absolute Gasteiger partial charge is 0.395 e. The lowest BCUT2D eigenvalue weighted by atomic mass is 9.89. The molecule has 2 atom stereocenters. The fraction of sp³-hybridized carbons (Fsp3) is 0.560. The number of aryl methyl sites for hydroxylation is 1. The predicted molar refractivity (Wildman–Crippen MR) is 134 cm³/mol.